The molecule has 1 aliphatic rings. The Hall–Kier alpha value is -1.62. The van der Waals surface area contributed by atoms with Crippen molar-refractivity contribution >= 4 is 11.4 Å². The topological polar surface area (TPSA) is 63.0 Å². The Labute approximate surface area is 94.2 Å². The van der Waals surface area contributed by atoms with Crippen molar-refractivity contribution in [2.75, 3.05) is 24.5 Å². The van der Waals surface area contributed by atoms with Crippen LogP contribution in [-0.4, -0.2) is 30.6 Å². The smallest absolute Gasteiger partial charge is 0.292 e. The SMILES string of the molecule is CC1CN(c2ccccc2[N+](=O)[O-])CC[NH2+]1. The van der Waals surface area contributed by atoms with Crippen molar-refractivity contribution in [1.82, 2.24) is 0 Å². The summed E-state index contributed by atoms with van der Waals surface area (Å²) in [6.45, 7) is 4.87. The van der Waals surface area contributed by atoms with Gasteiger partial charge in [0.1, 0.15) is 11.7 Å². The second kappa shape index (κ2) is 4.49. The molecule has 2 N–H and O–H groups in total. The monoisotopic (exact) mass is 222 g/mol. The molecular formula is C11H16N3O2+. The molecule has 16 heavy (non-hydrogen) atoms. The highest BCUT2D eigenvalue weighted by molar-refractivity contribution is 5.63. The predicted molar refractivity (Wildman–Crippen MR) is 61.6 cm³/mol. The highest BCUT2D eigenvalue weighted by atomic mass is 16.6. The maximum atomic E-state index is 10.9. The number of anilines is 1. The average molecular weight is 222 g/mol. The molecule has 5 nitrogen and oxygen atoms in total. The van der Waals surface area contributed by atoms with E-state index in [0.717, 1.165) is 25.3 Å². The molecule has 0 saturated carbocycles. The number of rotatable bonds is 2. The minimum absolute atomic E-state index is 0.205. The van der Waals surface area contributed by atoms with Crippen LogP contribution >= 0.6 is 0 Å². The largest absolute Gasteiger partial charge is 0.354 e. The normalized spacial score (nSPS) is 20.8. The lowest BCUT2D eigenvalue weighted by atomic mass is 10.2. The number of quaternary nitrogens is 1. The van der Waals surface area contributed by atoms with Crippen LogP contribution in [0.15, 0.2) is 24.3 Å². The number of nitro groups is 1. The third kappa shape index (κ3) is 2.14. The predicted octanol–water partition coefficient (Wildman–Crippen LogP) is 0.367. The Morgan fingerprint density at radius 1 is 1.50 bits per heavy atom. The fraction of sp³-hybridized carbons (Fsp3) is 0.455. The van der Waals surface area contributed by atoms with Crippen LogP contribution in [0.2, 0.25) is 0 Å². The van der Waals surface area contributed by atoms with Crippen molar-refractivity contribution in [3.8, 4) is 0 Å². The lowest BCUT2D eigenvalue weighted by Gasteiger charge is -2.30. The van der Waals surface area contributed by atoms with Gasteiger partial charge >= 0.3 is 0 Å². The molecule has 0 spiro atoms. The maximum absolute atomic E-state index is 10.9. The van der Waals surface area contributed by atoms with Crippen LogP contribution in [0.3, 0.4) is 0 Å². The molecule has 86 valence electrons. The van der Waals surface area contributed by atoms with Gasteiger partial charge in [-0.2, -0.15) is 0 Å². The molecule has 1 atom stereocenters. The third-order valence-electron chi connectivity index (χ3n) is 2.90. The summed E-state index contributed by atoms with van der Waals surface area (Å²) in [7, 11) is 0. The molecule has 1 aliphatic heterocycles. The molecule has 1 fully saturated rings. The highest BCUT2D eigenvalue weighted by Gasteiger charge is 2.24. The van der Waals surface area contributed by atoms with Gasteiger partial charge in [-0.1, -0.05) is 12.1 Å². The molecule has 1 aromatic carbocycles. The zero-order chi connectivity index (χ0) is 11.5. The Bertz CT molecular complexity index is 395. The van der Waals surface area contributed by atoms with E-state index in [9.17, 15) is 10.1 Å². The number of piperazine rings is 1. The quantitative estimate of drug-likeness (QED) is 0.580. The van der Waals surface area contributed by atoms with Crippen LogP contribution in [0.5, 0.6) is 0 Å². The minimum atomic E-state index is -0.307. The zero-order valence-electron chi connectivity index (χ0n) is 9.30. The lowest BCUT2D eigenvalue weighted by Crippen LogP contribution is -2.94. The molecule has 1 heterocycles. The van der Waals surface area contributed by atoms with Gasteiger partial charge in [0.25, 0.3) is 5.69 Å². The van der Waals surface area contributed by atoms with Crippen LogP contribution in [-0.2, 0) is 0 Å². The van der Waals surface area contributed by atoms with Crippen LogP contribution in [0.4, 0.5) is 11.4 Å². The van der Waals surface area contributed by atoms with Crippen molar-refractivity contribution in [2.45, 2.75) is 13.0 Å². The summed E-state index contributed by atoms with van der Waals surface area (Å²) in [5, 5.41) is 13.2. The number of para-hydroxylation sites is 2. The molecule has 2 rings (SSSR count). The van der Waals surface area contributed by atoms with Crippen molar-refractivity contribution < 1.29 is 10.2 Å². The standard InChI is InChI=1S/C11H15N3O2/c1-9-8-13(7-6-12-9)10-4-2-3-5-11(10)14(15)16/h2-5,9,12H,6-8H2,1H3/p+1. The van der Waals surface area contributed by atoms with Gasteiger partial charge in [-0.05, 0) is 13.0 Å². The Morgan fingerprint density at radius 3 is 2.94 bits per heavy atom. The molecule has 1 aromatic rings. The summed E-state index contributed by atoms with van der Waals surface area (Å²) in [5.74, 6) is 0. The first-order valence-corrected chi connectivity index (χ1v) is 5.50. The average Bonchev–Trinajstić information content (AvgIpc) is 2.29. The van der Waals surface area contributed by atoms with Crippen molar-refractivity contribution in [3.63, 3.8) is 0 Å². The first-order chi connectivity index (χ1) is 7.68. The first kappa shape index (κ1) is 10.9. The van der Waals surface area contributed by atoms with E-state index in [1.54, 1.807) is 12.1 Å². The van der Waals surface area contributed by atoms with Crippen molar-refractivity contribution in [2.24, 2.45) is 0 Å². The molecular weight excluding hydrogens is 206 g/mol. The molecule has 1 unspecified atom stereocenters. The summed E-state index contributed by atoms with van der Waals surface area (Å²) in [4.78, 5) is 12.7. The fourth-order valence-electron chi connectivity index (χ4n) is 2.13. The van der Waals surface area contributed by atoms with E-state index in [2.05, 4.69) is 17.1 Å². The minimum Gasteiger partial charge on any atom is -0.354 e. The van der Waals surface area contributed by atoms with Crippen molar-refractivity contribution in [3.05, 3.63) is 34.4 Å². The molecule has 0 radical (unpaired) electrons. The van der Waals surface area contributed by atoms with E-state index >= 15 is 0 Å². The van der Waals surface area contributed by atoms with E-state index in [4.69, 9.17) is 0 Å². The Morgan fingerprint density at radius 2 is 2.25 bits per heavy atom. The zero-order valence-corrected chi connectivity index (χ0v) is 9.30. The van der Waals surface area contributed by atoms with Gasteiger partial charge in [0.15, 0.2) is 0 Å². The molecule has 5 heteroatoms. The number of nitrogens with two attached hydrogens (primary N) is 1. The Kier molecular flexibility index (Phi) is 3.05. The maximum Gasteiger partial charge on any atom is 0.292 e. The number of hydrogen-bond donors (Lipinski definition) is 1. The second-order valence-corrected chi connectivity index (χ2v) is 4.19. The van der Waals surface area contributed by atoms with Crippen LogP contribution in [0, 0.1) is 10.1 Å². The number of nitro benzene ring substituents is 1. The third-order valence-corrected chi connectivity index (χ3v) is 2.90. The van der Waals surface area contributed by atoms with Gasteiger partial charge in [0.05, 0.1) is 24.6 Å². The molecule has 1 saturated heterocycles. The van der Waals surface area contributed by atoms with E-state index < -0.39 is 0 Å². The molecule has 0 amide bonds. The summed E-state index contributed by atoms with van der Waals surface area (Å²) >= 11 is 0. The fourth-order valence-corrected chi connectivity index (χ4v) is 2.13. The number of nitrogens with zero attached hydrogens (tertiary/aromatic N) is 2. The van der Waals surface area contributed by atoms with Gasteiger partial charge in [0.2, 0.25) is 0 Å². The van der Waals surface area contributed by atoms with E-state index in [0.29, 0.717) is 6.04 Å². The van der Waals surface area contributed by atoms with Crippen LogP contribution in [0.25, 0.3) is 0 Å². The van der Waals surface area contributed by atoms with E-state index in [-0.39, 0.29) is 10.6 Å². The molecule has 0 aliphatic carbocycles. The number of hydrogen-bond acceptors (Lipinski definition) is 3. The summed E-state index contributed by atoms with van der Waals surface area (Å²) in [6.07, 6.45) is 0. The van der Waals surface area contributed by atoms with Crippen LogP contribution in [0.1, 0.15) is 6.92 Å². The second-order valence-electron chi connectivity index (χ2n) is 4.19. The van der Waals surface area contributed by atoms with Gasteiger partial charge in [-0.25, -0.2) is 0 Å². The Balaban J connectivity index is 2.28. The molecule has 0 bridgehead atoms. The lowest BCUT2D eigenvalue weighted by molar-refractivity contribution is -0.687. The van der Waals surface area contributed by atoms with Gasteiger partial charge in [-0.15, -0.1) is 0 Å². The van der Waals surface area contributed by atoms with Gasteiger partial charge < -0.3 is 10.2 Å². The van der Waals surface area contributed by atoms with E-state index in [1.165, 1.54) is 0 Å². The van der Waals surface area contributed by atoms with E-state index in [1.807, 2.05) is 12.1 Å². The highest BCUT2D eigenvalue weighted by Crippen LogP contribution is 2.27. The van der Waals surface area contributed by atoms with Crippen LogP contribution < -0.4 is 10.2 Å². The summed E-state index contributed by atoms with van der Waals surface area (Å²) < 4.78 is 0. The van der Waals surface area contributed by atoms with Crippen molar-refractivity contribution in [1.29, 1.82) is 0 Å². The summed E-state index contributed by atoms with van der Waals surface area (Å²) in [5.41, 5.74) is 0.948. The van der Waals surface area contributed by atoms with Gasteiger partial charge in [-0.3, -0.25) is 10.1 Å². The first-order valence-electron chi connectivity index (χ1n) is 5.50. The number of benzene rings is 1. The van der Waals surface area contributed by atoms with Gasteiger partial charge in [0, 0.05) is 6.07 Å². The molecule has 0 aromatic heterocycles. The summed E-state index contributed by atoms with van der Waals surface area (Å²) in [6, 6.07) is 7.45.